The molecule has 1 aliphatic rings. The van der Waals surface area contributed by atoms with Crippen molar-refractivity contribution in [3.63, 3.8) is 0 Å². The van der Waals surface area contributed by atoms with Crippen molar-refractivity contribution in [1.29, 1.82) is 0 Å². The first-order valence-corrected chi connectivity index (χ1v) is 9.52. The van der Waals surface area contributed by atoms with Crippen molar-refractivity contribution in [2.24, 2.45) is 5.10 Å². The summed E-state index contributed by atoms with van der Waals surface area (Å²) in [5.41, 5.74) is 2.71. The number of anilines is 1. The predicted octanol–water partition coefficient (Wildman–Crippen LogP) is 3.40. The average Bonchev–Trinajstić information content (AvgIpc) is 3.42. The van der Waals surface area contributed by atoms with E-state index in [2.05, 4.69) is 27.5 Å². The molecule has 6 nitrogen and oxygen atoms in total. The highest BCUT2D eigenvalue weighted by molar-refractivity contribution is 6.39. The van der Waals surface area contributed by atoms with Gasteiger partial charge in [0.15, 0.2) is 0 Å². The van der Waals surface area contributed by atoms with Crippen LogP contribution in [0, 0.1) is 0 Å². The highest BCUT2D eigenvalue weighted by atomic mass is 16.2. The van der Waals surface area contributed by atoms with E-state index in [0.717, 1.165) is 24.2 Å². The number of amides is 1. The summed E-state index contributed by atoms with van der Waals surface area (Å²) in [6.07, 6.45) is 6.90. The Labute approximate surface area is 164 Å². The number of rotatable bonds is 7. The minimum atomic E-state index is -0.0926. The molecule has 2 aromatic carbocycles. The monoisotopic (exact) mass is 373 g/mol. The molecule has 28 heavy (non-hydrogen) atoms. The second-order valence-electron chi connectivity index (χ2n) is 6.77. The van der Waals surface area contributed by atoms with Gasteiger partial charge in [0.1, 0.15) is 5.71 Å². The molecule has 1 amide bonds. The fraction of sp³-hybridized carbons (Fsp3) is 0.227. The summed E-state index contributed by atoms with van der Waals surface area (Å²) < 4.78 is 2.00. The lowest BCUT2D eigenvalue weighted by Crippen LogP contribution is -2.31. The minimum absolute atomic E-state index is 0.0234. The number of benzene rings is 2. The van der Waals surface area contributed by atoms with E-state index in [1.54, 1.807) is 12.5 Å². The fourth-order valence-electron chi connectivity index (χ4n) is 3.39. The van der Waals surface area contributed by atoms with Gasteiger partial charge < -0.3 is 9.88 Å². The van der Waals surface area contributed by atoms with Gasteiger partial charge in [-0.1, -0.05) is 48.5 Å². The van der Waals surface area contributed by atoms with Crippen molar-refractivity contribution in [1.82, 2.24) is 14.9 Å². The van der Waals surface area contributed by atoms with Crippen LogP contribution in [0.4, 0.5) is 5.69 Å². The largest absolute Gasteiger partial charge is 0.351 e. The Morgan fingerprint density at radius 3 is 2.54 bits per heavy atom. The van der Waals surface area contributed by atoms with Crippen LogP contribution in [0.25, 0.3) is 0 Å². The average molecular weight is 373 g/mol. The van der Waals surface area contributed by atoms with Crippen LogP contribution in [0.2, 0.25) is 0 Å². The maximum Gasteiger partial charge on any atom is 0.267 e. The molecular formula is C22H23N5O. The van der Waals surface area contributed by atoms with E-state index < -0.39 is 0 Å². The number of aromatic nitrogens is 2. The van der Waals surface area contributed by atoms with Crippen molar-refractivity contribution < 1.29 is 4.79 Å². The third-order valence-corrected chi connectivity index (χ3v) is 4.82. The molecule has 0 bridgehead atoms. The summed E-state index contributed by atoms with van der Waals surface area (Å²) >= 11 is 0. The molecule has 0 saturated heterocycles. The van der Waals surface area contributed by atoms with Gasteiger partial charge in [0.2, 0.25) is 0 Å². The van der Waals surface area contributed by atoms with E-state index in [1.165, 1.54) is 0 Å². The number of carbonyl (C=O) groups excluding carboxylic acids is 1. The third kappa shape index (κ3) is 4.11. The van der Waals surface area contributed by atoms with Crippen molar-refractivity contribution in [2.75, 3.05) is 11.6 Å². The Morgan fingerprint density at radius 1 is 1.07 bits per heavy atom. The van der Waals surface area contributed by atoms with Crippen LogP contribution < -0.4 is 10.3 Å². The normalized spacial score (nSPS) is 16.1. The van der Waals surface area contributed by atoms with E-state index >= 15 is 0 Å². The molecule has 3 aromatic rings. The number of carbonyl (C=O) groups is 1. The molecule has 2 heterocycles. The Bertz CT molecular complexity index is 922. The SMILES string of the molecule is O=C(NCCCn1ccnc1)C1=NN(c2ccccc2)C(c2ccccc2)C1. The first-order valence-electron chi connectivity index (χ1n) is 9.52. The number of hydrogen-bond acceptors (Lipinski definition) is 4. The van der Waals surface area contributed by atoms with Crippen LogP contribution >= 0.6 is 0 Å². The molecule has 1 unspecified atom stereocenters. The molecule has 1 aliphatic heterocycles. The predicted molar refractivity (Wildman–Crippen MR) is 110 cm³/mol. The smallest absolute Gasteiger partial charge is 0.267 e. The number of hydrogen-bond donors (Lipinski definition) is 1. The maximum atomic E-state index is 12.7. The zero-order chi connectivity index (χ0) is 19.2. The van der Waals surface area contributed by atoms with E-state index in [9.17, 15) is 4.79 Å². The summed E-state index contributed by atoms with van der Waals surface area (Å²) in [7, 11) is 0. The lowest BCUT2D eigenvalue weighted by molar-refractivity contribution is -0.114. The first-order chi connectivity index (χ1) is 13.8. The van der Waals surface area contributed by atoms with E-state index in [1.807, 2.05) is 64.3 Å². The highest BCUT2D eigenvalue weighted by Gasteiger charge is 2.32. The highest BCUT2D eigenvalue weighted by Crippen LogP contribution is 2.34. The topological polar surface area (TPSA) is 62.5 Å². The quantitative estimate of drug-likeness (QED) is 0.646. The first kappa shape index (κ1) is 18.0. The van der Waals surface area contributed by atoms with Crippen molar-refractivity contribution in [2.45, 2.75) is 25.4 Å². The molecule has 0 radical (unpaired) electrons. The van der Waals surface area contributed by atoms with Crippen molar-refractivity contribution in [3.8, 4) is 0 Å². The molecule has 4 rings (SSSR count). The Hall–Kier alpha value is -3.41. The summed E-state index contributed by atoms with van der Waals surface area (Å²) in [6, 6.07) is 20.2. The standard InChI is InChI=1S/C22H23N5O/c28-22(24-12-7-14-26-15-13-23-17-26)20-16-21(18-8-3-1-4-9-18)27(25-20)19-10-5-2-6-11-19/h1-6,8-11,13,15,17,21H,7,12,14,16H2,(H,24,28). The number of nitrogens with one attached hydrogen (secondary N) is 1. The maximum absolute atomic E-state index is 12.7. The van der Waals surface area contributed by atoms with Gasteiger partial charge in [-0.3, -0.25) is 9.80 Å². The number of hydrazone groups is 1. The molecule has 0 saturated carbocycles. The van der Waals surface area contributed by atoms with E-state index in [-0.39, 0.29) is 11.9 Å². The van der Waals surface area contributed by atoms with Crippen LogP contribution in [-0.4, -0.2) is 27.7 Å². The summed E-state index contributed by atoms with van der Waals surface area (Å²) in [5, 5.41) is 9.62. The lowest BCUT2D eigenvalue weighted by atomic mass is 10.0. The molecule has 142 valence electrons. The van der Waals surface area contributed by atoms with E-state index in [4.69, 9.17) is 0 Å². The lowest BCUT2D eigenvalue weighted by Gasteiger charge is -2.23. The van der Waals surface area contributed by atoms with Gasteiger partial charge in [0.05, 0.1) is 18.1 Å². The van der Waals surface area contributed by atoms with E-state index in [0.29, 0.717) is 18.7 Å². The third-order valence-electron chi connectivity index (χ3n) is 4.82. The Balaban J connectivity index is 1.43. The van der Waals surface area contributed by atoms with Crippen LogP contribution in [0.3, 0.4) is 0 Å². The molecule has 0 aliphatic carbocycles. The zero-order valence-electron chi connectivity index (χ0n) is 15.6. The molecule has 1 N–H and O–H groups in total. The number of imidazole rings is 1. The second-order valence-corrected chi connectivity index (χ2v) is 6.77. The molecule has 0 spiro atoms. The molecule has 1 atom stereocenters. The van der Waals surface area contributed by atoms with Gasteiger partial charge >= 0.3 is 0 Å². The van der Waals surface area contributed by atoms with Gasteiger partial charge in [0.25, 0.3) is 5.91 Å². The van der Waals surface area contributed by atoms with Gasteiger partial charge in [-0.25, -0.2) is 4.98 Å². The number of para-hydroxylation sites is 1. The number of aryl methyl sites for hydroxylation is 1. The van der Waals surface area contributed by atoms with Crippen LogP contribution in [0.15, 0.2) is 84.5 Å². The molecule has 0 fully saturated rings. The van der Waals surface area contributed by atoms with Crippen molar-refractivity contribution in [3.05, 3.63) is 84.9 Å². The Kier molecular flexibility index (Phi) is 5.47. The number of nitrogens with zero attached hydrogens (tertiary/aromatic N) is 4. The fourth-order valence-corrected chi connectivity index (χ4v) is 3.39. The van der Waals surface area contributed by atoms with Gasteiger partial charge in [-0.15, -0.1) is 0 Å². The van der Waals surface area contributed by atoms with Crippen LogP contribution in [-0.2, 0) is 11.3 Å². The molecular weight excluding hydrogens is 350 g/mol. The Morgan fingerprint density at radius 2 is 1.82 bits per heavy atom. The van der Waals surface area contributed by atoms with Crippen molar-refractivity contribution >= 4 is 17.3 Å². The van der Waals surface area contributed by atoms with Crippen LogP contribution in [0.5, 0.6) is 0 Å². The van der Waals surface area contributed by atoms with Gasteiger partial charge in [-0.2, -0.15) is 5.10 Å². The zero-order valence-corrected chi connectivity index (χ0v) is 15.6. The van der Waals surface area contributed by atoms with Gasteiger partial charge in [-0.05, 0) is 24.1 Å². The molecule has 6 heteroatoms. The minimum Gasteiger partial charge on any atom is -0.351 e. The van der Waals surface area contributed by atoms with Gasteiger partial charge in [0, 0.05) is 31.9 Å². The molecule has 1 aromatic heterocycles. The van der Waals surface area contributed by atoms with Crippen LogP contribution in [0.1, 0.15) is 24.4 Å². The summed E-state index contributed by atoms with van der Waals surface area (Å²) in [4.78, 5) is 16.7. The summed E-state index contributed by atoms with van der Waals surface area (Å²) in [5.74, 6) is -0.0926. The second kappa shape index (κ2) is 8.52. The summed E-state index contributed by atoms with van der Waals surface area (Å²) in [6.45, 7) is 1.44.